The Morgan fingerprint density at radius 3 is 2.41 bits per heavy atom. The van der Waals surface area contributed by atoms with Crippen molar-refractivity contribution >= 4 is 23.5 Å². The fraction of sp³-hybridized carbons (Fsp3) is 0.364. The van der Waals surface area contributed by atoms with Crippen molar-refractivity contribution < 1.29 is 14.3 Å². The van der Waals surface area contributed by atoms with Gasteiger partial charge in [0.05, 0.1) is 5.41 Å². The first-order valence-corrected chi connectivity index (χ1v) is 9.64. The molecule has 27 heavy (non-hydrogen) atoms. The van der Waals surface area contributed by atoms with Crippen LogP contribution in [0.3, 0.4) is 0 Å². The van der Waals surface area contributed by atoms with Gasteiger partial charge in [-0.3, -0.25) is 9.59 Å². The molecule has 0 saturated heterocycles. The van der Waals surface area contributed by atoms with Crippen LogP contribution in [0.5, 0.6) is 0 Å². The molecular formula is C22H24ClNO3. The van der Waals surface area contributed by atoms with Gasteiger partial charge < -0.3 is 10.1 Å². The summed E-state index contributed by atoms with van der Waals surface area (Å²) in [7, 11) is 0. The Bertz CT molecular complexity index is 785. The lowest BCUT2D eigenvalue weighted by Gasteiger charge is -2.17. The monoisotopic (exact) mass is 385 g/mol. The summed E-state index contributed by atoms with van der Waals surface area (Å²) < 4.78 is 5.30. The highest BCUT2D eigenvalue weighted by Gasteiger charge is 2.52. The smallest absolute Gasteiger partial charge is 0.317 e. The molecule has 1 N–H and O–H groups in total. The van der Waals surface area contributed by atoms with Crippen LogP contribution in [0.25, 0.3) is 0 Å². The van der Waals surface area contributed by atoms with Gasteiger partial charge in [0.25, 0.3) is 5.91 Å². The van der Waals surface area contributed by atoms with E-state index in [1.807, 2.05) is 37.3 Å². The quantitative estimate of drug-likeness (QED) is 0.697. The number of nitrogens with one attached hydrogen (secondary N) is 1. The Morgan fingerprint density at radius 1 is 1.11 bits per heavy atom. The summed E-state index contributed by atoms with van der Waals surface area (Å²) in [5, 5.41) is 3.52. The number of carbonyl (C=O) groups is 2. The molecular weight excluding hydrogens is 362 g/mol. The molecule has 0 spiro atoms. The third-order valence-electron chi connectivity index (χ3n) is 4.99. The predicted molar refractivity (Wildman–Crippen MR) is 106 cm³/mol. The fourth-order valence-corrected chi connectivity index (χ4v) is 3.32. The Morgan fingerprint density at radius 2 is 1.78 bits per heavy atom. The Hall–Kier alpha value is -2.33. The van der Waals surface area contributed by atoms with Crippen molar-refractivity contribution in [2.24, 2.45) is 0 Å². The highest BCUT2D eigenvalue weighted by molar-refractivity contribution is 6.30. The predicted octanol–water partition coefficient (Wildman–Crippen LogP) is 4.05. The zero-order valence-corrected chi connectivity index (χ0v) is 16.2. The number of carbonyl (C=O) groups excluding carboxylic acids is 2. The normalized spacial score (nSPS) is 15.6. The van der Waals surface area contributed by atoms with Crippen molar-refractivity contribution in [2.75, 3.05) is 6.61 Å². The standard InChI is InChI=1S/C22H24ClNO3/c1-16(7-8-17-5-3-2-4-6-17)24-20(25)15-27-21(26)22(13-14-22)18-9-11-19(23)12-10-18/h2-6,9-12,16H,7-8,13-15H2,1H3,(H,24,25)/t16-/m0/s1. The number of hydrogen-bond donors (Lipinski definition) is 1. The third-order valence-corrected chi connectivity index (χ3v) is 5.24. The van der Waals surface area contributed by atoms with E-state index in [-0.39, 0.29) is 24.5 Å². The number of amides is 1. The van der Waals surface area contributed by atoms with Crippen LogP contribution in [0.4, 0.5) is 0 Å². The summed E-state index contributed by atoms with van der Waals surface area (Å²) in [6, 6.07) is 17.4. The molecule has 1 amide bonds. The number of esters is 1. The van der Waals surface area contributed by atoms with E-state index in [9.17, 15) is 9.59 Å². The van der Waals surface area contributed by atoms with Gasteiger partial charge in [0.15, 0.2) is 6.61 Å². The van der Waals surface area contributed by atoms with E-state index >= 15 is 0 Å². The maximum Gasteiger partial charge on any atom is 0.317 e. The average molecular weight is 386 g/mol. The highest BCUT2D eigenvalue weighted by Crippen LogP contribution is 2.49. The largest absolute Gasteiger partial charge is 0.455 e. The fourth-order valence-electron chi connectivity index (χ4n) is 3.19. The van der Waals surface area contributed by atoms with Crippen molar-refractivity contribution in [3.05, 3.63) is 70.7 Å². The molecule has 0 bridgehead atoms. The minimum atomic E-state index is -0.607. The van der Waals surface area contributed by atoms with E-state index in [0.717, 1.165) is 31.2 Å². The molecule has 0 aromatic heterocycles. The van der Waals surface area contributed by atoms with Gasteiger partial charge in [-0.2, -0.15) is 0 Å². The lowest BCUT2D eigenvalue weighted by molar-refractivity contribution is -0.151. The summed E-state index contributed by atoms with van der Waals surface area (Å²) in [6.45, 7) is 1.71. The van der Waals surface area contributed by atoms with Crippen LogP contribution in [-0.2, 0) is 26.2 Å². The van der Waals surface area contributed by atoms with Crippen molar-refractivity contribution in [1.82, 2.24) is 5.32 Å². The van der Waals surface area contributed by atoms with Gasteiger partial charge in [0.1, 0.15) is 0 Å². The number of ether oxygens (including phenoxy) is 1. The van der Waals surface area contributed by atoms with Crippen molar-refractivity contribution in [3.63, 3.8) is 0 Å². The van der Waals surface area contributed by atoms with Crippen LogP contribution in [0.1, 0.15) is 37.3 Å². The molecule has 142 valence electrons. The van der Waals surface area contributed by atoms with Gasteiger partial charge in [0, 0.05) is 11.1 Å². The maximum atomic E-state index is 12.5. The molecule has 1 atom stereocenters. The molecule has 1 aliphatic rings. The molecule has 0 radical (unpaired) electrons. The molecule has 1 saturated carbocycles. The van der Waals surface area contributed by atoms with Crippen LogP contribution < -0.4 is 5.32 Å². The first-order valence-electron chi connectivity index (χ1n) is 9.26. The first kappa shape index (κ1) is 19.4. The SMILES string of the molecule is C[C@@H](CCc1ccccc1)NC(=O)COC(=O)C1(c2ccc(Cl)cc2)CC1. The summed E-state index contributed by atoms with van der Waals surface area (Å²) in [5.74, 6) is -0.604. The average Bonchev–Trinajstić information content (AvgIpc) is 3.48. The van der Waals surface area contributed by atoms with Gasteiger partial charge >= 0.3 is 5.97 Å². The zero-order valence-electron chi connectivity index (χ0n) is 15.4. The maximum absolute atomic E-state index is 12.5. The van der Waals surface area contributed by atoms with Crippen LogP contribution in [0, 0.1) is 0 Å². The Kier molecular flexibility index (Phi) is 6.17. The minimum absolute atomic E-state index is 0.0163. The van der Waals surface area contributed by atoms with E-state index in [2.05, 4.69) is 17.4 Å². The van der Waals surface area contributed by atoms with E-state index in [1.54, 1.807) is 12.1 Å². The summed E-state index contributed by atoms with van der Waals surface area (Å²) in [4.78, 5) is 24.6. The highest BCUT2D eigenvalue weighted by atomic mass is 35.5. The van der Waals surface area contributed by atoms with Crippen LogP contribution in [0.2, 0.25) is 5.02 Å². The van der Waals surface area contributed by atoms with Gasteiger partial charge in [0.2, 0.25) is 0 Å². The minimum Gasteiger partial charge on any atom is -0.455 e. The van der Waals surface area contributed by atoms with Crippen molar-refractivity contribution in [2.45, 2.75) is 44.1 Å². The van der Waals surface area contributed by atoms with Crippen LogP contribution in [0.15, 0.2) is 54.6 Å². The molecule has 0 heterocycles. The summed E-state index contributed by atoms with van der Waals surface area (Å²) in [5.41, 5.74) is 1.53. The van der Waals surface area contributed by atoms with E-state index in [1.165, 1.54) is 5.56 Å². The molecule has 3 rings (SSSR count). The Balaban J connectivity index is 1.43. The second-order valence-corrected chi connectivity index (χ2v) is 7.59. The zero-order chi connectivity index (χ0) is 19.3. The molecule has 2 aromatic carbocycles. The van der Waals surface area contributed by atoms with Crippen LogP contribution in [-0.4, -0.2) is 24.5 Å². The van der Waals surface area contributed by atoms with Gasteiger partial charge in [-0.1, -0.05) is 54.1 Å². The second-order valence-electron chi connectivity index (χ2n) is 7.16. The lowest BCUT2D eigenvalue weighted by atomic mass is 9.96. The molecule has 1 aliphatic carbocycles. The molecule has 0 unspecified atom stereocenters. The van der Waals surface area contributed by atoms with Crippen molar-refractivity contribution in [1.29, 1.82) is 0 Å². The van der Waals surface area contributed by atoms with Crippen molar-refractivity contribution in [3.8, 4) is 0 Å². The molecule has 0 aliphatic heterocycles. The Labute approximate surface area is 164 Å². The first-order chi connectivity index (χ1) is 13.0. The topological polar surface area (TPSA) is 55.4 Å². The molecule has 2 aromatic rings. The number of rotatable bonds is 8. The number of benzene rings is 2. The number of halogens is 1. The number of hydrogen-bond acceptors (Lipinski definition) is 3. The molecule has 4 nitrogen and oxygen atoms in total. The summed E-state index contributed by atoms with van der Waals surface area (Å²) in [6.07, 6.45) is 3.20. The van der Waals surface area contributed by atoms with E-state index in [4.69, 9.17) is 16.3 Å². The van der Waals surface area contributed by atoms with Gasteiger partial charge in [-0.25, -0.2) is 0 Å². The second kappa shape index (κ2) is 8.57. The van der Waals surface area contributed by atoms with Gasteiger partial charge in [-0.15, -0.1) is 0 Å². The van der Waals surface area contributed by atoms with Crippen LogP contribution >= 0.6 is 11.6 Å². The number of aryl methyl sites for hydroxylation is 1. The molecule has 1 fully saturated rings. The summed E-state index contributed by atoms with van der Waals surface area (Å²) >= 11 is 5.91. The van der Waals surface area contributed by atoms with E-state index in [0.29, 0.717) is 5.02 Å². The molecule has 5 heteroatoms. The third kappa shape index (κ3) is 5.10. The van der Waals surface area contributed by atoms with E-state index < -0.39 is 5.41 Å². The lowest BCUT2D eigenvalue weighted by Crippen LogP contribution is -2.37. The van der Waals surface area contributed by atoms with Gasteiger partial charge in [-0.05, 0) is 55.9 Å².